The van der Waals surface area contributed by atoms with Gasteiger partial charge in [0.05, 0.1) is 5.69 Å². The number of aromatic nitrogens is 1. The first-order valence-electron chi connectivity index (χ1n) is 8.12. The second-order valence-electron chi connectivity index (χ2n) is 6.73. The number of pyridine rings is 1. The van der Waals surface area contributed by atoms with E-state index in [0.29, 0.717) is 6.04 Å². The Morgan fingerprint density at radius 3 is 2.67 bits per heavy atom. The van der Waals surface area contributed by atoms with E-state index in [2.05, 4.69) is 60.2 Å². The Balaban J connectivity index is 1.89. The topological polar surface area (TPSA) is 31.4 Å². The Kier molecular flexibility index (Phi) is 6.00. The first-order valence-corrected chi connectivity index (χ1v) is 8.12. The average molecular weight is 290 g/mol. The molecule has 0 radical (unpaired) electrons. The Morgan fingerprint density at radius 2 is 2.05 bits per heavy atom. The first-order chi connectivity index (χ1) is 10.0. The van der Waals surface area contributed by atoms with Crippen LogP contribution in [-0.4, -0.2) is 49.7 Å². The number of hydrogen-bond donors (Lipinski definition) is 1. The molecule has 4 nitrogen and oxygen atoms in total. The van der Waals surface area contributed by atoms with Crippen molar-refractivity contribution in [1.82, 2.24) is 15.2 Å². The number of nitrogens with one attached hydrogen (secondary N) is 1. The van der Waals surface area contributed by atoms with Gasteiger partial charge in [-0.1, -0.05) is 13.8 Å². The molecular formula is C17H30N4. The number of anilines is 1. The van der Waals surface area contributed by atoms with Crippen LogP contribution in [0, 0.1) is 5.92 Å². The van der Waals surface area contributed by atoms with Crippen molar-refractivity contribution in [3.8, 4) is 0 Å². The molecule has 0 unspecified atom stereocenters. The Bertz CT molecular complexity index is 423. The van der Waals surface area contributed by atoms with Gasteiger partial charge in [-0.3, -0.25) is 4.98 Å². The van der Waals surface area contributed by atoms with Crippen LogP contribution in [0.2, 0.25) is 0 Å². The molecule has 0 aromatic carbocycles. The van der Waals surface area contributed by atoms with Gasteiger partial charge in [-0.05, 0) is 45.0 Å². The minimum atomic E-state index is 0.497. The minimum Gasteiger partial charge on any atom is -0.371 e. The van der Waals surface area contributed by atoms with Crippen LogP contribution in [0.25, 0.3) is 0 Å². The van der Waals surface area contributed by atoms with Crippen molar-refractivity contribution < 1.29 is 0 Å². The fraction of sp³-hybridized carbons (Fsp3) is 0.706. The molecule has 0 spiro atoms. The maximum Gasteiger partial charge on any atom is 0.0562 e. The van der Waals surface area contributed by atoms with E-state index in [1.54, 1.807) is 0 Å². The predicted octanol–water partition coefficient (Wildman–Crippen LogP) is 2.36. The number of hydrogen-bond acceptors (Lipinski definition) is 4. The second-order valence-corrected chi connectivity index (χ2v) is 6.73. The van der Waals surface area contributed by atoms with E-state index in [9.17, 15) is 0 Å². The van der Waals surface area contributed by atoms with Gasteiger partial charge in [0.1, 0.15) is 0 Å². The van der Waals surface area contributed by atoms with E-state index in [4.69, 9.17) is 0 Å². The molecule has 21 heavy (non-hydrogen) atoms. The van der Waals surface area contributed by atoms with Gasteiger partial charge in [0.2, 0.25) is 0 Å². The molecule has 0 amide bonds. The fourth-order valence-electron chi connectivity index (χ4n) is 2.96. The quantitative estimate of drug-likeness (QED) is 0.871. The molecule has 0 bridgehead atoms. The van der Waals surface area contributed by atoms with Gasteiger partial charge < -0.3 is 15.1 Å². The van der Waals surface area contributed by atoms with Gasteiger partial charge in [-0.25, -0.2) is 0 Å². The Morgan fingerprint density at radius 1 is 1.33 bits per heavy atom. The van der Waals surface area contributed by atoms with Crippen molar-refractivity contribution >= 4 is 5.69 Å². The lowest BCUT2D eigenvalue weighted by molar-refractivity contribution is 0.285. The van der Waals surface area contributed by atoms with Crippen molar-refractivity contribution in [2.45, 2.75) is 39.3 Å². The summed E-state index contributed by atoms with van der Waals surface area (Å²) >= 11 is 0. The Labute approximate surface area is 129 Å². The van der Waals surface area contributed by atoms with E-state index in [1.165, 1.54) is 38.2 Å². The monoisotopic (exact) mass is 290 g/mol. The zero-order valence-corrected chi connectivity index (χ0v) is 14.0. The van der Waals surface area contributed by atoms with Gasteiger partial charge >= 0.3 is 0 Å². The van der Waals surface area contributed by atoms with Crippen LogP contribution < -0.4 is 10.2 Å². The number of nitrogens with zero attached hydrogens (tertiary/aromatic N) is 3. The molecule has 2 heterocycles. The van der Waals surface area contributed by atoms with Crippen LogP contribution in [0.4, 0.5) is 5.69 Å². The zero-order valence-electron chi connectivity index (χ0n) is 14.0. The summed E-state index contributed by atoms with van der Waals surface area (Å²) in [6.07, 6.45) is 4.53. The molecule has 1 fully saturated rings. The number of rotatable bonds is 6. The van der Waals surface area contributed by atoms with Gasteiger partial charge in [0.15, 0.2) is 0 Å². The average Bonchev–Trinajstić information content (AvgIpc) is 2.45. The number of piperidine rings is 1. The standard InChI is InChI=1S/C17H30N4/c1-14(2)19-12-16-11-17(5-8-18-16)21-9-6-15(7-10-21)13-20(3)4/h5,8,11,14-15,19H,6-7,9-10,12-13H2,1-4H3. The smallest absolute Gasteiger partial charge is 0.0562 e. The van der Waals surface area contributed by atoms with Crippen LogP contribution in [0.15, 0.2) is 18.3 Å². The minimum absolute atomic E-state index is 0.497. The molecular weight excluding hydrogens is 260 g/mol. The SMILES string of the molecule is CC(C)NCc1cc(N2CCC(CN(C)C)CC2)ccn1. The van der Waals surface area contributed by atoms with Crippen LogP contribution >= 0.6 is 0 Å². The summed E-state index contributed by atoms with van der Waals surface area (Å²) in [7, 11) is 4.34. The summed E-state index contributed by atoms with van der Waals surface area (Å²) in [6, 6.07) is 4.88. The van der Waals surface area contributed by atoms with Gasteiger partial charge in [0, 0.05) is 44.1 Å². The molecule has 1 aliphatic heterocycles. The van der Waals surface area contributed by atoms with Crippen molar-refractivity contribution in [1.29, 1.82) is 0 Å². The summed E-state index contributed by atoms with van der Waals surface area (Å²) in [5, 5.41) is 3.43. The predicted molar refractivity (Wildman–Crippen MR) is 89.7 cm³/mol. The molecule has 2 rings (SSSR count). The highest BCUT2D eigenvalue weighted by atomic mass is 15.1. The molecule has 1 saturated heterocycles. The summed E-state index contributed by atoms with van der Waals surface area (Å²) in [5.74, 6) is 0.847. The van der Waals surface area contributed by atoms with E-state index >= 15 is 0 Å². The van der Waals surface area contributed by atoms with Crippen molar-refractivity contribution in [3.05, 3.63) is 24.0 Å². The van der Waals surface area contributed by atoms with Gasteiger partial charge in [-0.2, -0.15) is 0 Å². The van der Waals surface area contributed by atoms with E-state index in [1.807, 2.05) is 6.20 Å². The zero-order chi connectivity index (χ0) is 15.2. The highest BCUT2D eigenvalue weighted by Crippen LogP contribution is 2.23. The van der Waals surface area contributed by atoms with Gasteiger partial charge in [0.25, 0.3) is 0 Å². The van der Waals surface area contributed by atoms with E-state index in [0.717, 1.165) is 18.2 Å². The largest absolute Gasteiger partial charge is 0.371 e. The molecule has 118 valence electrons. The molecule has 1 aromatic heterocycles. The molecule has 1 N–H and O–H groups in total. The van der Waals surface area contributed by atoms with Crippen LogP contribution in [-0.2, 0) is 6.54 Å². The third-order valence-corrected chi connectivity index (χ3v) is 4.09. The lowest BCUT2D eigenvalue weighted by Crippen LogP contribution is -2.37. The van der Waals surface area contributed by atoms with Gasteiger partial charge in [-0.15, -0.1) is 0 Å². The van der Waals surface area contributed by atoms with Crippen molar-refractivity contribution in [2.75, 3.05) is 38.6 Å². The van der Waals surface area contributed by atoms with Crippen molar-refractivity contribution in [2.24, 2.45) is 5.92 Å². The van der Waals surface area contributed by atoms with Crippen LogP contribution in [0.1, 0.15) is 32.4 Å². The molecule has 1 aromatic rings. The molecule has 0 atom stereocenters. The third kappa shape index (κ3) is 5.29. The summed E-state index contributed by atoms with van der Waals surface area (Å²) in [4.78, 5) is 9.28. The summed E-state index contributed by atoms with van der Waals surface area (Å²) in [6.45, 7) is 8.73. The van der Waals surface area contributed by atoms with Crippen LogP contribution in [0.5, 0.6) is 0 Å². The van der Waals surface area contributed by atoms with Crippen molar-refractivity contribution in [3.63, 3.8) is 0 Å². The highest BCUT2D eigenvalue weighted by molar-refractivity contribution is 5.46. The summed E-state index contributed by atoms with van der Waals surface area (Å²) < 4.78 is 0. The summed E-state index contributed by atoms with van der Waals surface area (Å²) in [5.41, 5.74) is 2.46. The lowest BCUT2D eigenvalue weighted by atomic mass is 9.96. The highest BCUT2D eigenvalue weighted by Gasteiger charge is 2.20. The molecule has 0 saturated carbocycles. The first kappa shape index (κ1) is 16.2. The maximum atomic E-state index is 4.46. The Hall–Kier alpha value is -1.13. The third-order valence-electron chi connectivity index (χ3n) is 4.09. The van der Waals surface area contributed by atoms with E-state index < -0.39 is 0 Å². The lowest BCUT2D eigenvalue weighted by Gasteiger charge is -2.34. The molecule has 4 heteroatoms. The second kappa shape index (κ2) is 7.76. The van der Waals surface area contributed by atoms with E-state index in [-0.39, 0.29) is 0 Å². The molecule has 1 aliphatic rings. The fourth-order valence-corrected chi connectivity index (χ4v) is 2.96. The normalized spacial score (nSPS) is 17.0. The molecule has 0 aliphatic carbocycles. The maximum absolute atomic E-state index is 4.46. The van der Waals surface area contributed by atoms with Crippen LogP contribution in [0.3, 0.4) is 0 Å².